The molecular weight excluding hydrogens is 358 g/mol. The Morgan fingerprint density at radius 2 is 2.00 bits per heavy atom. The van der Waals surface area contributed by atoms with Gasteiger partial charge >= 0.3 is 0 Å². The largest absolute Gasteiger partial charge is 0.504 e. The monoisotopic (exact) mass is 383 g/mol. The first-order chi connectivity index (χ1) is 12.1. The Labute approximate surface area is 159 Å². The van der Waals surface area contributed by atoms with E-state index in [-0.39, 0.29) is 47.8 Å². The molecule has 2 aliphatic rings. The molecule has 8 heteroatoms. The van der Waals surface area contributed by atoms with Crippen molar-refractivity contribution in [3.05, 3.63) is 23.8 Å². The predicted octanol–water partition coefficient (Wildman–Crippen LogP) is 0.921. The summed E-state index contributed by atoms with van der Waals surface area (Å²) in [5.41, 5.74) is 0.824. The molecule has 0 radical (unpaired) electrons. The number of hydrogen-bond acceptors (Lipinski definition) is 5. The Hall–Kier alpha value is -1.99. The van der Waals surface area contributed by atoms with Crippen LogP contribution in [0.4, 0.5) is 0 Å². The number of benzene rings is 1. The van der Waals surface area contributed by atoms with Crippen molar-refractivity contribution in [2.75, 3.05) is 19.6 Å². The van der Waals surface area contributed by atoms with Gasteiger partial charge in [-0.15, -0.1) is 12.4 Å². The second-order valence-corrected chi connectivity index (χ2v) is 6.70. The molecule has 2 amide bonds. The molecule has 2 atom stereocenters. The van der Waals surface area contributed by atoms with E-state index in [0.717, 1.165) is 31.4 Å². The second-order valence-electron chi connectivity index (χ2n) is 6.70. The van der Waals surface area contributed by atoms with Crippen molar-refractivity contribution in [2.24, 2.45) is 0 Å². The summed E-state index contributed by atoms with van der Waals surface area (Å²) in [6.07, 6.45) is 3.94. The maximum absolute atomic E-state index is 12.6. The van der Waals surface area contributed by atoms with Gasteiger partial charge in [-0.1, -0.05) is 6.07 Å². The number of amides is 2. The molecule has 1 aromatic rings. The lowest BCUT2D eigenvalue weighted by Crippen LogP contribution is -2.51. The van der Waals surface area contributed by atoms with E-state index in [1.54, 1.807) is 11.0 Å². The maximum atomic E-state index is 12.6. The summed E-state index contributed by atoms with van der Waals surface area (Å²) in [7, 11) is 0. The van der Waals surface area contributed by atoms with Crippen LogP contribution in [0.15, 0.2) is 18.2 Å². The molecule has 7 nitrogen and oxygen atoms in total. The second kappa shape index (κ2) is 9.09. The van der Waals surface area contributed by atoms with E-state index in [2.05, 4.69) is 10.6 Å². The van der Waals surface area contributed by atoms with Crippen molar-refractivity contribution >= 4 is 24.2 Å². The summed E-state index contributed by atoms with van der Waals surface area (Å²) < 4.78 is 0. The molecule has 0 spiro atoms. The number of halogens is 1. The van der Waals surface area contributed by atoms with Gasteiger partial charge in [-0.05, 0) is 56.3 Å². The van der Waals surface area contributed by atoms with E-state index < -0.39 is 0 Å². The normalized spacial score (nSPS) is 22.1. The summed E-state index contributed by atoms with van der Waals surface area (Å²) in [5.74, 6) is -0.403. The number of nitrogens with one attached hydrogen (secondary N) is 2. The first-order valence-corrected chi connectivity index (χ1v) is 8.88. The van der Waals surface area contributed by atoms with Crippen LogP contribution in [0.5, 0.6) is 11.5 Å². The lowest BCUT2D eigenvalue weighted by Gasteiger charge is -2.26. The van der Waals surface area contributed by atoms with Crippen molar-refractivity contribution in [1.29, 1.82) is 0 Å². The number of aromatic hydroxyl groups is 2. The molecule has 0 aliphatic carbocycles. The van der Waals surface area contributed by atoms with Crippen LogP contribution in [0, 0.1) is 0 Å². The van der Waals surface area contributed by atoms with Gasteiger partial charge in [0.05, 0.1) is 6.04 Å². The van der Waals surface area contributed by atoms with Gasteiger partial charge in [-0.3, -0.25) is 9.59 Å². The van der Waals surface area contributed by atoms with Gasteiger partial charge in [0.15, 0.2) is 11.5 Å². The Balaban J connectivity index is 0.00000243. The van der Waals surface area contributed by atoms with E-state index >= 15 is 0 Å². The Morgan fingerprint density at radius 1 is 1.19 bits per heavy atom. The fourth-order valence-corrected chi connectivity index (χ4v) is 3.57. The third kappa shape index (κ3) is 4.59. The number of nitrogens with zero attached hydrogens (tertiary/aromatic N) is 1. The molecule has 0 aromatic heterocycles. The number of carbonyl (C=O) groups is 2. The predicted molar refractivity (Wildman–Crippen MR) is 99.5 cm³/mol. The lowest BCUT2D eigenvalue weighted by molar-refractivity contribution is -0.139. The quantitative estimate of drug-likeness (QED) is 0.566. The van der Waals surface area contributed by atoms with Crippen LogP contribution in [-0.2, 0) is 16.0 Å². The minimum atomic E-state index is -0.386. The Kier molecular flexibility index (Phi) is 7.11. The Morgan fingerprint density at radius 3 is 2.69 bits per heavy atom. The minimum Gasteiger partial charge on any atom is -0.504 e. The molecule has 2 fully saturated rings. The van der Waals surface area contributed by atoms with Crippen molar-refractivity contribution in [1.82, 2.24) is 15.5 Å². The summed E-state index contributed by atoms with van der Waals surface area (Å²) in [5, 5.41) is 24.9. The molecule has 4 N–H and O–H groups in total. The highest BCUT2D eigenvalue weighted by Gasteiger charge is 2.37. The van der Waals surface area contributed by atoms with E-state index in [4.69, 9.17) is 0 Å². The van der Waals surface area contributed by atoms with Crippen molar-refractivity contribution in [2.45, 2.75) is 44.2 Å². The van der Waals surface area contributed by atoms with E-state index in [1.165, 1.54) is 12.1 Å². The summed E-state index contributed by atoms with van der Waals surface area (Å²) in [6, 6.07) is 4.09. The van der Waals surface area contributed by atoms with Crippen LogP contribution < -0.4 is 10.6 Å². The fourth-order valence-electron chi connectivity index (χ4n) is 3.57. The standard InChI is InChI=1S/C18H25N3O4.ClH/c22-15-6-5-12(11-16(15)23)7-9-20-17(24)14-4-2-10-21(14)18(25)13-3-1-8-19-13;/h5-6,11,13-14,19,22-23H,1-4,7-10H2,(H,20,24);1H/t13-,14-;/m0./s1. The smallest absolute Gasteiger partial charge is 0.242 e. The van der Waals surface area contributed by atoms with Crippen LogP contribution >= 0.6 is 12.4 Å². The molecule has 2 saturated heterocycles. The molecule has 26 heavy (non-hydrogen) atoms. The number of likely N-dealkylation sites (tertiary alicyclic amines) is 1. The van der Waals surface area contributed by atoms with Crippen molar-refractivity contribution < 1.29 is 19.8 Å². The SMILES string of the molecule is Cl.O=C(NCCc1ccc(O)c(O)c1)[C@@H]1CCCN1C(=O)[C@@H]1CCCN1. The number of hydrogen-bond donors (Lipinski definition) is 4. The number of phenolic OH excluding ortho intramolecular Hbond substituents is 2. The summed E-state index contributed by atoms with van der Waals surface area (Å²) in [4.78, 5) is 26.7. The minimum absolute atomic E-state index is 0. The van der Waals surface area contributed by atoms with Gasteiger partial charge in [0, 0.05) is 13.1 Å². The molecule has 3 rings (SSSR count). The van der Waals surface area contributed by atoms with Crippen LogP contribution in [0.3, 0.4) is 0 Å². The summed E-state index contributed by atoms with van der Waals surface area (Å²) >= 11 is 0. The molecule has 2 heterocycles. The van der Waals surface area contributed by atoms with Gasteiger partial charge in [0.2, 0.25) is 11.8 Å². The van der Waals surface area contributed by atoms with Crippen LogP contribution in [0.25, 0.3) is 0 Å². The van der Waals surface area contributed by atoms with Crippen LogP contribution in [0.2, 0.25) is 0 Å². The molecular formula is C18H26ClN3O4. The highest BCUT2D eigenvalue weighted by atomic mass is 35.5. The number of carbonyl (C=O) groups excluding carboxylic acids is 2. The highest BCUT2D eigenvalue weighted by molar-refractivity contribution is 5.90. The third-order valence-electron chi connectivity index (χ3n) is 4.95. The van der Waals surface area contributed by atoms with Gasteiger partial charge in [-0.25, -0.2) is 0 Å². The van der Waals surface area contributed by atoms with E-state index in [9.17, 15) is 19.8 Å². The Bertz CT molecular complexity index is 649. The molecule has 2 aliphatic heterocycles. The first-order valence-electron chi connectivity index (χ1n) is 8.88. The van der Waals surface area contributed by atoms with E-state index in [0.29, 0.717) is 25.9 Å². The zero-order valence-corrected chi connectivity index (χ0v) is 15.4. The van der Waals surface area contributed by atoms with E-state index in [1.807, 2.05) is 0 Å². The zero-order valence-electron chi connectivity index (χ0n) is 14.6. The van der Waals surface area contributed by atoms with Gasteiger partial charge in [-0.2, -0.15) is 0 Å². The summed E-state index contributed by atoms with van der Waals surface area (Å²) in [6.45, 7) is 1.92. The fraction of sp³-hybridized carbons (Fsp3) is 0.556. The van der Waals surface area contributed by atoms with Gasteiger partial charge < -0.3 is 25.7 Å². The molecule has 0 bridgehead atoms. The van der Waals surface area contributed by atoms with Gasteiger partial charge in [0.1, 0.15) is 6.04 Å². The van der Waals surface area contributed by atoms with Crippen LogP contribution in [0.1, 0.15) is 31.2 Å². The third-order valence-corrected chi connectivity index (χ3v) is 4.95. The molecule has 1 aromatic carbocycles. The molecule has 0 unspecified atom stereocenters. The average molecular weight is 384 g/mol. The first kappa shape index (κ1) is 20.3. The number of rotatable bonds is 5. The van der Waals surface area contributed by atoms with Crippen LogP contribution in [-0.4, -0.2) is 58.6 Å². The lowest BCUT2D eigenvalue weighted by atomic mass is 10.1. The molecule has 144 valence electrons. The van der Waals surface area contributed by atoms with Gasteiger partial charge in [0.25, 0.3) is 0 Å². The zero-order chi connectivity index (χ0) is 17.8. The van der Waals surface area contributed by atoms with Crippen molar-refractivity contribution in [3.63, 3.8) is 0 Å². The average Bonchev–Trinajstić information content (AvgIpc) is 3.28. The van der Waals surface area contributed by atoms with Crippen molar-refractivity contribution in [3.8, 4) is 11.5 Å². The molecule has 0 saturated carbocycles. The number of phenols is 2. The topological polar surface area (TPSA) is 102 Å². The maximum Gasteiger partial charge on any atom is 0.242 e. The highest BCUT2D eigenvalue weighted by Crippen LogP contribution is 2.25.